The van der Waals surface area contributed by atoms with E-state index in [0.29, 0.717) is 39.4 Å². The number of thioether (sulfide) groups is 1. The minimum Gasteiger partial charge on any atom is -0.454 e. The van der Waals surface area contributed by atoms with E-state index in [1.165, 1.54) is 16.7 Å². The number of carbonyl (C=O) groups excluding carboxylic acids is 2. The molecule has 0 atom stereocenters. The van der Waals surface area contributed by atoms with Gasteiger partial charge in [-0.15, -0.1) is 0 Å². The molecule has 29 heavy (non-hydrogen) atoms. The SMILES string of the molecule is O=C(NCCN1C(=O)/C(=C/c2ccc3c(c2)OCO3)SC1=S)c1cccc(Br)c1. The van der Waals surface area contributed by atoms with Gasteiger partial charge in [0.2, 0.25) is 6.79 Å². The number of hydrogen-bond donors (Lipinski definition) is 1. The van der Waals surface area contributed by atoms with Crippen LogP contribution in [0.5, 0.6) is 11.5 Å². The van der Waals surface area contributed by atoms with Gasteiger partial charge in [0.15, 0.2) is 11.5 Å². The lowest BCUT2D eigenvalue weighted by molar-refractivity contribution is -0.122. The fraction of sp³-hybridized carbons (Fsp3) is 0.150. The predicted octanol–water partition coefficient (Wildman–Crippen LogP) is 3.81. The van der Waals surface area contributed by atoms with Crippen molar-refractivity contribution in [2.75, 3.05) is 19.9 Å². The van der Waals surface area contributed by atoms with Crippen molar-refractivity contribution in [2.45, 2.75) is 0 Å². The zero-order valence-corrected chi connectivity index (χ0v) is 18.2. The largest absolute Gasteiger partial charge is 0.454 e. The first kappa shape index (κ1) is 19.9. The highest BCUT2D eigenvalue weighted by Crippen LogP contribution is 2.36. The van der Waals surface area contributed by atoms with Gasteiger partial charge in [0.05, 0.1) is 4.91 Å². The van der Waals surface area contributed by atoms with Crippen LogP contribution in [0.4, 0.5) is 0 Å². The number of halogens is 1. The molecule has 1 fully saturated rings. The van der Waals surface area contributed by atoms with Crippen molar-refractivity contribution < 1.29 is 19.1 Å². The van der Waals surface area contributed by atoms with E-state index in [1.807, 2.05) is 24.3 Å². The molecule has 0 spiro atoms. The minimum absolute atomic E-state index is 0.172. The van der Waals surface area contributed by atoms with Gasteiger partial charge in [0.25, 0.3) is 11.8 Å². The monoisotopic (exact) mass is 490 g/mol. The highest BCUT2D eigenvalue weighted by Gasteiger charge is 2.31. The maximum absolute atomic E-state index is 12.7. The summed E-state index contributed by atoms with van der Waals surface area (Å²) in [6.07, 6.45) is 1.78. The Morgan fingerprint density at radius 2 is 2.07 bits per heavy atom. The van der Waals surface area contributed by atoms with Gasteiger partial charge in [0, 0.05) is 23.1 Å². The Morgan fingerprint density at radius 1 is 1.24 bits per heavy atom. The van der Waals surface area contributed by atoms with E-state index in [1.54, 1.807) is 24.3 Å². The minimum atomic E-state index is -0.201. The highest BCUT2D eigenvalue weighted by molar-refractivity contribution is 9.10. The number of fused-ring (bicyclic) bond motifs is 1. The van der Waals surface area contributed by atoms with Gasteiger partial charge in [-0.1, -0.05) is 52.0 Å². The van der Waals surface area contributed by atoms with Crippen molar-refractivity contribution in [3.05, 3.63) is 63.0 Å². The third kappa shape index (κ3) is 4.47. The van der Waals surface area contributed by atoms with Gasteiger partial charge in [-0.2, -0.15) is 0 Å². The van der Waals surface area contributed by atoms with Crippen LogP contribution in [0.25, 0.3) is 6.08 Å². The standard InChI is InChI=1S/C20H15BrN2O4S2/c21-14-3-1-2-13(10-14)18(24)22-6-7-23-19(25)17(29-20(23)28)9-12-4-5-15-16(8-12)27-11-26-15/h1-5,8-10H,6-7,11H2,(H,22,24)/b17-9-. The summed E-state index contributed by atoms with van der Waals surface area (Å²) < 4.78 is 12.0. The summed E-state index contributed by atoms with van der Waals surface area (Å²) in [5, 5.41) is 2.81. The number of ether oxygens (including phenoxy) is 2. The molecule has 6 nitrogen and oxygen atoms in total. The molecule has 2 aromatic carbocycles. The van der Waals surface area contributed by atoms with Crippen molar-refractivity contribution in [3.63, 3.8) is 0 Å². The van der Waals surface area contributed by atoms with Crippen LogP contribution in [-0.2, 0) is 4.79 Å². The van der Waals surface area contributed by atoms with Gasteiger partial charge >= 0.3 is 0 Å². The summed E-state index contributed by atoms with van der Waals surface area (Å²) in [4.78, 5) is 27.0. The van der Waals surface area contributed by atoms with Gasteiger partial charge in [-0.25, -0.2) is 0 Å². The topological polar surface area (TPSA) is 67.9 Å². The van der Waals surface area contributed by atoms with Crippen LogP contribution in [0, 0.1) is 0 Å². The molecule has 2 heterocycles. The van der Waals surface area contributed by atoms with Crippen molar-refractivity contribution in [3.8, 4) is 11.5 Å². The second-order valence-electron chi connectivity index (χ2n) is 6.21. The predicted molar refractivity (Wildman–Crippen MR) is 119 cm³/mol. The number of carbonyl (C=O) groups is 2. The maximum atomic E-state index is 12.7. The summed E-state index contributed by atoms with van der Waals surface area (Å²) in [5.41, 5.74) is 1.38. The van der Waals surface area contributed by atoms with Crippen LogP contribution < -0.4 is 14.8 Å². The third-order valence-electron chi connectivity index (χ3n) is 4.28. The molecule has 0 radical (unpaired) electrons. The molecule has 148 valence electrons. The van der Waals surface area contributed by atoms with Crippen LogP contribution in [-0.4, -0.2) is 40.9 Å². The molecule has 0 aliphatic carbocycles. The lowest BCUT2D eigenvalue weighted by atomic mass is 10.2. The Bertz CT molecular complexity index is 1040. The van der Waals surface area contributed by atoms with Crippen LogP contribution in [0.2, 0.25) is 0 Å². The second-order valence-corrected chi connectivity index (χ2v) is 8.80. The summed E-state index contributed by atoms with van der Waals surface area (Å²) >= 11 is 9.93. The van der Waals surface area contributed by atoms with Crippen LogP contribution in [0.1, 0.15) is 15.9 Å². The van der Waals surface area contributed by atoms with Gasteiger partial charge in [-0.3, -0.25) is 14.5 Å². The molecular weight excluding hydrogens is 476 g/mol. The summed E-state index contributed by atoms with van der Waals surface area (Å²) in [6, 6.07) is 12.6. The zero-order valence-electron chi connectivity index (χ0n) is 15.0. The van der Waals surface area contributed by atoms with E-state index in [4.69, 9.17) is 21.7 Å². The number of rotatable bonds is 5. The van der Waals surface area contributed by atoms with E-state index < -0.39 is 0 Å². The van der Waals surface area contributed by atoms with Crippen LogP contribution in [0.3, 0.4) is 0 Å². The molecule has 2 aliphatic rings. The molecule has 0 aromatic heterocycles. The Kier molecular flexibility index (Phi) is 5.89. The highest BCUT2D eigenvalue weighted by atomic mass is 79.9. The summed E-state index contributed by atoms with van der Waals surface area (Å²) in [7, 11) is 0. The quantitative estimate of drug-likeness (QED) is 0.507. The van der Waals surface area contributed by atoms with Crippen LogP contribution >= 0.6 is 39.9 Å². The average molecular weight is 491 g/mol. The Balaban J connectivity index is 1.37. The molecule has 0 saturated carbocycles. The third-order valence-corrected chi connectivity index (χ3v) is 6.15. The normalized spacial score (nSPS) is 16.6. The Labute approximate surface area is 185 Å². The molecule has 0 bridgehead atoms. The lowest BCUT2D eigenvalue weighted by Gasteiger charge is -2.14. The van der Waals surface area contributed by atoms with Gasteiger partial charge in [0.1, 0.15) is 4.32 Å². The molecule has 0 unspecified atom stereocenters. The number of nitrogens with one attached hydrogen (secondary N) is 1. The Hall–Kier alpha value is -2.36. The molecule has 4 rings (SSSR count). The van der Waals surface area contributed by atoms with Gasteiger partial charge < -0.3 is 14.8 Å². The van der Waals surface area contributed by atoms with E-state index >= 15 is 0 Å². The first-order valence-electron chi connectivity index (χ1n) is 8.70. The smallest absolute Gasteiger partial charge is 0.266 e. The molecule has 2 aliphatic heterocycles. The summed E-state index contributed by atoms with van der Waals surface area (Å²) in [6.45, 7) is 0.810. The van der Waals surface area contributed by atoms with E-state index in [2.05, 4.69) is 21.2 Å². The number of benzene rings is 2. The number of amides is 2. The number of hydrogen-bond acceptors (Lipinski definition) is 6. The zero-order chi connectivity index (χ0) is 20.4. The van der Waals surface area contributed by atoms with E-state index in [9.17, 15) is 9.59 Å². The van der Waals surface area contributed by atoms with Gasteiger partial charge in [-0.05, 0) is 42.0 Å². The molecule has 2 amide bonds. The molecule has 9 heteroatoms. The lowest BCUT2D eigenvalue weighted by Crippen LogP contribution is -2.37. The molecule has 1 saturated heterocycles. The van der Waals surface area contributed by atoms with Crippen molar-refractivity contribution in [1.82, 2.24) is 10.2 Å². The van der Waals surface area contributed by atoms with Crippen molar-refractivity contribution >= 4 is 62.1 Å². The van der Waals surface area contributed by atoms with E-state index in [-0.39, 0.29) is 18.6 Å². The first-order valence-corrected chi connectivity index (χ1v) is 10.7. The first-order chi connectivity index (χ1) is 14.0. The maximum Gasteiger partial charge on any atom is 0.266 e. The Morgan fingerprint density at radius 3 is 2.90 bits per heavy atom. The van der Waals surface area contributed by atoms with Crippen molar-refractivity contribution in [1.29, 1.82) is 0 Å². The number of thiocarbonyl (C=S) groups is 1. The summed E-state index contributed by atoms with van der Waals surface area (Å²) in [5.74, 6) is 0.974. The molecule has 1 N–H and O–H groups in total. The average Bonchev–Trinajstić information content (AvgIpc) is 3.27. The fourth-order valence-corrected chi connectivity index (χ4v) is 4.57. The fourth-order valence-electron chi connectivity index (χ4n) is 2.86. The van der Waals surface area contributed by atoms with Crippen molar-refractivity contribution in [2.24, 2.45) is 0 Å². The second kappa shape index (κ2) is 8.56. The van der Waals surface area contributed by atoms with E-state index in [0.717, 1.165) is 10.0 Å². The van der Waals surface area contributed by atoms with Crippen LogP contribution in [0.15, 0.2) is 51.8 Å². The number of nitrogens with zero attached hydrogens (tertiary/aromatic N) is 1. The molecular formula is C20H15BrN2O4S2. The molecule has 2 aromatic rings.